The van der Waals surface area contributed by atoms with Gasteiger partial charge < -0.3 is 8.80 Å². The highest BCUT2D eigenvalue weighted by molar-refractivity contribution is 6.40. The molecule has 25 rings (SSSR count). The van der Waals surface area contributed by atoms with Crippen LogP contribution in [0.2, 0.25) is 0 Å². The summed E-state index contributed by atoms with van der Waals surface area (Å²) in [6, 6.07) is 113. The lowest BCUT2D eigenvalue weighted by atomic mass is 9.98. The van der Waals surface area contributed by atoms with Gasteiger partial charge in [-0.3, -0.25) is 13.7 Å². The van der Waals surface area contributed by atoms with E-state index < -0.39 is 0 Å². The topological polar surface area (TPSA) is 75.2 Å². The van der Waals surface area contributed by atoms with E-state index in [1.807, 2.05) is 0 Å². The molecule has 16 aromatic carbocycles. The fourth-order valence-electron chi connectivity index (χ4n) is 18.7. The molecule has 103 heavy (non-hydrogen) atoms. The first-order valence-corrected chi connectivity index (χ1v) is 35.3. The van der Waals surface area contributed by atoms with Crippen LogP contribution in [0.4, 0.5) is 0 Å². The minimum absolute atomic E-state index is 0.606. The van der Waals surface area contributed by atoms with Gasteiger partial charge >= 0.3 is 0 Å². The predicted molar refractivity (Wildman–Crippen MR) is 428 cm³/mol. The molecule has 0 aliphatic rings. The molecule has 0 fully saturated rings. The maximum absolute atomic E-state index is 5.87. The second-order valence-corrected chi connectivity index (χ2v) is 27.9. The number of hydrogen-bond acceptors (Lipinski definition) is 4. The molecule has 0 saturated heterocycles. The van der Waals surface area contributed by atoms with Crippen LogP contribution in [0.5, 0.6) is 0 Å². The van der Waals surface area contributed by atoms with Crippen molar-refractivity contribution in [2.75, 3.05) is 0 Å². The molecule has 9 heterocycles. The Kier molecular flexibility index (Phi) is 10.2. The third-order valence-electron chi connectivity index (χ3n) is 22.9. The van der Waals surface area contributed by atoms with Gasteiger partial charge in [0.15, 0.2) is 11.6 Å². The van der Waals surface area contributed by atoms with Crippen molar-refractivity contribution in [3.8, 4) is 40.1 Å². The van der Waals surface area contributed by atoms with E-state index in [-0.39, 0.29) is 0 Å². The summed E-state index contributed by atoms with van der Waals surface area (Å²) in [5.74, 6) is 2.98. The van der Waals surface area contributed by atoms with E-state index in [1.165, 1.54) is 114 Å². The van der Waals surface area contributed by atoms with Gasteiger partial charge in [-0.15, -0.1) is 0 Å². The molecule has 0 radical (unpaired) electrons. The van der Waals surface area contributed by atoms with Gasteiger partial charge in [0.05, 0.1) is 77.2 Å². The molecule has 0 amide bonds. The van der Waals surface area contributed by atoms with E-state index in [4.69, 9.17) is 19.9 Å². The first kappa shape index (κ1) is 54.0. The number of aromatic nitrogens is 9. The van der Waals surface area contributed by atoms with Crippen molar-refractivity contribution in [1.29, 1.82) is 0 Å². The zero-order valence-corrected chi connectivity index (χ0v) is 55.0. The Bertz CT molecular complexity index is 8130. The Labute approximate surface area is 584 Å². The van der Waals surface area contributed by atoms with E-state index in [9.17, 15) is 0 Å². The predicted octanol–water partition coefficient (Wildman–Crippen LogP) is 24.0. The maximum Gasteiger partial charge on any atom is 0.237 e. The first-order valence-electron chi connectivity index (χ1n) is 35.3. The van der Waals surface area contributed by atoms with E-state index >= 15 is 0 Å². The monoisotopic (exact) mass is 1310 g/mol. The molecule has 9 heteroatoms. The van der Waals surface area contributed by atoms with Crippen molar-refractivity contribution in [1.82, 2.24) is 42.4 Å². The summed E-state index contributed by atoms with van der Waals surface area (Å²) in [4.78, 5) is 22.4. The molecule has 25 aromatic rings. The van der Waals surface area contributed by atoms with Crippen LogP contribution in [0.1, 0.15) is 0 Å². The minimum atomic E-state index is 0.606. The molecule has 9 aromatic heterocycles. The molecular weight excluding hydrogens is 1260 g/mol. The van der Waals surface area contributed by atoms with Crippen LogP contribution >= 0.6 is 0 Å². The van der Waals surface area contributed by atoms with E-state index in [0.717, 1.165) is 110 Å². The van der Waals surface area contributed by atoms with Crippen LogP contribution in [0.3, 0.4) is 0 Å². The van der Waals surface area contributed by atoms with Crippen LogP contribution in [0.15, 0.2) is 309 Å². The van der Waals surface area contributed by atoms with E-state index in [0.29, 0.717) is 11.8 Å². The fourth-order valence-corrected chi connectivity index (χ4v) is 18.7. The van der Waals surface area contributed by atoms with Gasteiger partial charge in [0, 0.05) is 91.7 Å². The Morgan fingerprint density at radius 2 is 0.631 bits per heavy atom. The summed E-state index contributed by atoms with van der Waals surface area (Å²) >= 11 is 0. The second-order valence-electron chi connectivity index (χ2n) is 27.9. The summed E-state index contributed by atoms with van der Waals surface area (Å²) in [5.41, 5.74) is 18.6. The van der Waals surface area contributed by atoms with Crippen LogP contribution in [0, 0.1) is 0 Å². The Morgan fingerprint density at radius 1 is 0.204 bits per heavy atom. The van der Waals surface area contributed by atoms with Crippen molar-refractivity contribution in [2.45, 2.75) is 0 Å². The SMILES string of the molecule is c1ccc2c(-c3nc(-n4c5ccccc5c5c6c7ccc(-c8ccc9c(c8)c8ccccc8n9-c8nc(-n9c%10ccccc%10c%10c%11c%12ccccc%12n%12c%13ccc%14ccccc%14c%13c(cc%109)c%11%12)c9ccccc9n8)cc7n7c8ccc9ccccc9c8c(cc54)c67)c4ccccc4n3)cccc2c1. The minimum Gasteiger partial charge on any atom is -0.308 e. The van der Waals surface area contributed by atoms with Crippen LogP contribution in [-0.4, -0.2) is 42.4 Å². The van der Waals surface area contributed by atoms with E-state index in [2.05, 4.69) is 332 Å². The Balaban J connectivity index is 0.715. The Morgan fingerprint density at radius 3 is 1.25 bits per heavy atom. The van der Waals surface area contributed by atoms with Gasteiger partial charge in [0.25, 0.3) is 0 Å². The summed E-state index contributed by atoms with van der Waals surface area (Å²) in [6.07, 6.45) is 0. The summed E-state index contributed by atoms with van der Waals surface area (Å²) in [7, 11) is 0. The highest BCUT2D eigenvalue weighted by Crippen LogP contribution is 2.52. The third-order valence-corrected chi connectivity index (χ3v) is 22.9. The lowest BCUT2D eigenvalue weighted by Gasteiger charge is -2.14. The van der Waals surface area contributed by atoms with Gasteiger partial charge in [0.1, 0.15) is 5.82 Å². The molecule has 0 aliphatic heterocycles. The average Bonchev–Trinajstić information content (AvgIpc) is 1.52. The molecule has 0 saturated carbocycles. The van der Waals surface area contributed by atoms with Crippen LogP contribution in [-0.2, 0) is 0 Å². The van der Waals surface area contributed by atoms with Gasteiger partial charge in [-0.1, -0.05) is 218 Å². The Hall–Kier alpha value is -14.0. The number of nitrogens with zero attached hydrogens (tertiary/aromatic N) is 9. The molecule has 0 spiro atoms. The number of hydrogen-bond donors (Lipinski definition) is 0. The summed E-state index contributed by atoms with van der Waals surface area (Å²) in [6.45, 7) is 0. The largest absolute Gasteiger partial charge is 0.308 e. The summed E-state index contributed by atoms with van der Waals surface area (Å²) in [5, 5.41) is 26.0. The highest BCUT2D eigenvalue weighted by Gasteiger charge is 2.30. The summed E-state index contributed by atoms with van der Waals surface area (Å²) < 4.78 is 12.2. The van der Waals surface area contributed by atoms with E-state index in [1.54, 1.807) is 0 Å². The molecule has 0 N–H and O–H groups in total. The number of fused-ring (bicyclic) bond motifs is 30. The zero-order valence-electron chi connectivity index (χ0n) is 55.0. The molecule has 0 atom stereocenters. The number of rotatable bonds is 5. The molecule has 0 aliphatic carbocycles. The molecule has 9 nitrogen and oxygen atoms in total. The first-order chi connectivity index (χ1) is 51.1. The molecule has 472 valence electrons. The van der Waals surface area contributed by atoms with Crippen molar-refractivity contribution >= 4 is 196 Å². The van der Waals surface area contributed by atoms with Gasteiger partial charge in [-0.25, -0.2) is 15.0 Å². The van der Waals surface area contributed by atoms with Gasteiger partial charge in [-0.05, 0) is 134 Å². The van der Waals surface area contributed by atoms with Crippen molar-refractivity contribution in [3.05, 3.63) is 309 Å². The molecular formula is C94H51N9. The lowest BCUT2D eigenvalue weighted by molar-refractivity contribution is 0.973. The highest BCUT2D eigenvalue weighted by atomic mass is 15.2. The zero-order chi connectivity index (χ0) is 66.6. The number of para-hydroxylation sites is 6. The number of benzene rings is 16. The quantitative estimate of drug-likeness (QED) is 0.172. The lowest BCUT2D eigenvalue weighted by Crippen LogP contribution is -2.07. The third kappa shape index (κ3) is 6.90. The standard InChI is InChI=1S/C94H51N9/c1-4-24-57-52(20-1)23-19-33-61(57)91-95-71-34-13-7-28-62(71)92(97-91)101-75-38-17-10-30-64(75)86-81(101)51-70-84-59-26-6-3-22-54(59)42-47-79(84)100-80-49-56(40-44-67(80)88(86)90(70)100)55-43-45-77-68(48-55)60-27-9-15-36-73(60)103(77)94-96-72-35-14-8-29-63(72)93(98-94)102-76-39-18-11-31-65(76)85-82(102)50-69-83-58-25-5-2-21-53(58)41-46-78(83)99-74-37-16-12-32-66(74)87(85)89(69)99/h1-51H. The average molecular weight is 1310 g/mol. The van der Waals surface area contributed by atoms with Crippen molar-refractivity contribution in [2.24, 2.45) is 0 Å². The van der Waals surface area contributed by atoms with Crippen LogP contribution < -0.4 is 0 Å². The molecule has 0 bridgehead atoms. The van der Waals surface area contributed by atoms with Crippen molar-refractivity contribution < 1.29 is 0 Å². The van der Waals surface area contributed by atoms with Gasteiger partial charge in [0.2, 0.25) is 5.95 Å². The second kappa shape index (κ2) is 19.5. The van der Waals surface area contributed by atoms with Gasteiger partial charge in [-0.2, -0.15) is 4.98 Å². The smallest absolute Gasteiger partial charge is 0.237 e. The maximum atomic E-state index is 5.87. The van der Waals surface area contributed by atoms with Crippen LogP contribution in [0.25, 0.3) is 236 Å². The molecule has 0 unspecified atom stereocenters. The van der Waals surface area contributed by atoms with Crippen molar-refractivity contribution in [3.63, 3.8) is 0 Å². The normalized spacial score (nSPS) is 12.7. The fraction of sp³-hybridized carbons (Fsp3) is 0.